The maximum Gasteiger partial charge on any atom is 0.136 e. The molecule has 3 rings (SSSR count). The van der Waals surface area contributed by atoms with E-state index in [1.165, 1.54) is 11.3 Å². The molecule has 1 aromatic heterocycles. The van der Waals surface area contributed by atoms with Gasteiger partial charge >= 0.3 is 0 Å². The summed E-state index contributed by atoms with van der Waals surface area (Å²) in [7, 11) is 0. The Kier molecular flexibility index (Phi) is 5.31. The van der Waals surface area contributed by atoms with E-state index in [9.17, 15) is 5.26 Å². The summed E-state index contributed by atoms with van der Waals surface area (Å²) in [4.78, 5) is 4.55. The van der Waals surface area contributed by atoms with Gasteiger partial charge in [0.25, 0.3) is 0 Å². The van der Waals surface area contributed by atoms with Gasteiger partial charge in [-0.25, -0.2) is 4.98 Å². The smallest absolute Gasteiger partial charge is 0.136 e. The Balaban J connectivity index is 1.82. The Hall–Kier alpha value is -2.13. The Morgan fingerprint density at radius 3 is 2.75 bits per heavy atom. The summed E-state index contributed by atoms with van der Waals surface area (Å²) in [5.41, 5.74) is 3.18. The Morgan fingerprint density at radius 1 is 1.25 bits per heavy atom. The predicted molar refractivity (Wildman–Crippen MR) is 104 cm³/mol. The summed E-state index contributed by atoms with van der Waals surface area (Å²) < 4.78 is 0.971. The van der Waals surface area contributed by atoms with Crippen molar-refractivity contribution in [3.05, 3.63) is 74.6 Å². The molecule has 1 heterocycles. The fraction of sp³-hybridized carbons (Fsp3) is 0. The molecule has 0 fully saturated rings. The van der Waals surface area contributed by atoms with Crippen molar-refractivity contribution in [2.45, 2.75) is 0 Å². The van der Waals surface area contributed by atoms with Crippen LogP contribution in [0, 0.1) is 11.3 Å². The molecule has 0 amide bonds. The molecule has 118 valence electrons. The number of halogens is 2. The highest BCUT2D eigenvalue weighted by Crippen LogP contribution is 2.27. The van der Waals surface area contributed by atoms with Gasteiger partial charge in [-0.15, -0.1) is 11.3 Å². The molecule has 0 unspecified atom stereocenters. The van der Waals surface area contributed by atoms with Crippen molar-refractivity contribution in [2.24, 2.45) is 0 Å². The summed E-state index contributed by atoms with van der Waals surface area (Å²) in [6.07, 6.45) is 1.67. The molecule has 0 radical (unpaired) electrons. The average Bonchev–Trinajstić information content (AvgIpc) is 3.06. The van der Waals surface area contributed by atoms with E-state index in [0.29, 0.717) is 15.6 Å². The molecule has 0 atom stereocenters. The molecule has 6 heteroatoms. The van der Waals surface area contributed by atoms with E-state index in [-0.39, 0.29) is 0 Å². The highest BCUT2D eigenvalue weighted by Gasteiger charge is 2.09. The van der Waals surface area contributed by atoms with E-state index >= 15 is 0 Å². The molecule has 0 aliphatic rings. The molecule has 24 heavy (non-hydrogen) atoms. The SMILES string of the molecule is N#C/C(=C\Nc1cccc(Br)c1)c1nc(-c2ccc(Cl)cc2)cs1. The zero-order valence-corrected chi connectivity index (χ0v) is 15.5. The van der Waals surface area contributed by atoms with Gasteiger partial charge in [-0.1, -0.05) is 45.7 Å². The van der Waals surface area contributed by atoms with E-state index in [2.05, 4.69) is 32.3 Å². The van der Waals surface area contributed by atoms with E-state index in [1.807, 2.05) is 53.9 Å². The van der Waals surface area contributed by atoms with Crippen molar-refractivity contribution in [3.8, 4) is 17.3 Å². The van der Waals surface area contributed by atoms with Gasteiger partial charge in [0.05, 0.1) is 5.69 Å². The van der Waals surface area contributed by atoms with Crippen LogP contribution in [0.15, 0.2) is 64.6 Å². The van der Waals surface area contributed by atoms with Crippen LogP contribution in [-0.2, 0) is 0 Å². The maximum absolute atomic E-state index is 9.41. The van der Waals surface area contributed by atoms with E-state index in [0.717, 1.165) is 21.4 Å². The summed E-state index contributed by atoms with van der Waals surface area (Å²) in [5.74, 6) is 0. The van der Waals surface area contributed by atoms with Gasteiger partial charge in [0.1, 0.15) is 16.6 Å². The monoisotopic (exact) mass is 415 g/mol. The Morgan fingerprint density at radius 2 is 2.04 bits per heavy atom. The number of anilines is 1. The first-order valence-corrected chi connectivity index (χ1v) is 9.05. The summed E-state index contributed by atoms with van der Waals surface area (Å²) >= 11 is 10.8. The van der Waals surface area contributed by atoms with Gasteiger partial charge in [-0.3, -0.25) is 0 Å². The number of nitrogens with zero attached hydrogens (tertiary/aromatic N) is 2. The number of hydrogen-bond acceptors (Lipinski definition) is 4. The van der Waals surface area contributed by atoms with Crippen molar-refractivity contribution in [1.29, 1.82) is 5.26 Å². The van der Waals surface area contributed by atoms with Gasteiger partial charge in [0.15, 0.2) is 0 Å². The summed E-state index contributed by atoms with van der Waals surface area (Å²) in [5, 5.41) is 15.8. The fourth-order valence-electron chi connectivity index (χ4n) is 2.03. The zero-order chi connectivity index (χ0) is 16.9. The van der Waals surface area contributed by atoms with Crippen molar-refractivity contribution in [1.82, 2.24) is 4.98 Å². The van der Waals surface area contributed by atoms with Crippen LogP contribution in [0.1, 0.15) is 5.01 Å². The topological polar surface area (TPSA) is 48.7 Å². The molecule has 0 bridgehead atoms. The predicted octanol–water partition coefficient (Wildman–Crippen LogP) is 6.20. The average molecular weight is 417 g/mol. The first kappa shape index (κ1) is 16.7. The summed E-state index contributed by atoms with van der Waals surface area (Å²) in [6, 6.07) is 17.4. The molecule has 0 aliphatic heterocycles. The third kappa shape index (κ3) is 4.04. The molecule has 0 saturated carbocycles. The number of rotatable bonds is 4. The van der Waals surface area contributed by atoms with Crippen LogP contribution in [0.4, 0.5) is 5.69 Å². The summed E-state index contributed by atoms with van der Waals surface area (Å²) in [6.45, 7) is 0. The third-order valence-electron chi connectivity index (χ3n) is 3.20. The molecule has 3 nitrogen and oxygen atoms in total. The van der Waals surface area contributed by atoms with Crippen LogP contribution in [0.5, 0.6) is 0 Å². The van der Waals surface area contributed by atoms with Gasteiger partial charge in [-0.05, 0) is 30.3 Å². The highest BCUT2D eigenvalue weighted by atomic mass is 79.9. The molecular formula is C18H11BrClN3S. The number of nitriles is 1. The van der Waals surface area contributed by atoms with Crippen molar-refractivity contribution in [2.75, 3.05) is 5.32 Å². The fourth-order valence-corrected chi connectivity index (χ4v) is 3.35. The molecular weight excluding hydrogens is 406 g/mol. The zero-order valence-electron chi connectivity index (χ0n) is 12.3. The number of aromatic nitrogens is 1. The number of nitrogens with one attached hydrogen (secondary N) is 1. The van der Waals surface area contributed by atoms with Crippen molar-refractivity contribution >= 4 is 50.1 Å². The van der Waals surface area contributed by atoms with Crippen LogP contribution >= 0.6 is 38.9 Å². The molecule has 3 aromatic rings. The Bertz CT molecular complexity index is 926. The molecule has 0 spiro atoms. The third-order valence-corrected chi connectivity index (χ3v) is 4.82. The number of thiazole rings is 1. The quantitative estimate of drug-likeness (QED) is 0.515. The van der Waals surface area contributed by atoms with Crippen LogP contribution in [0.2, 0.25) is 5.02 Å². The van der Waals surface area contributed by atoms with Crippen LogP contribution in [-0.4, -0.2) is 4.98 Å². The van der Waals surface area contributed by atoms with Crippen molar-refractivity contribution < 1.29 is 0 Å². The second-order valence-electron chi connectivity index (χ2n) is 4.87. The second-order valence-corrected chi connectivity index (χ2v) is 7.08. The number of benzene rings is 2. The lowest BCUT2D eigenvalue weighted by Gasteiger charge is -2.01. The van der Waals surface area contributed by atoms with Crippen LogP contribution in [0.25, 0.3) is 16.8 Å². The maximum atomic E-state index is 9.41. The van der Waals surface area contributed by atoms with E-state index in [4.69, 9.17) is 11.6 Å². The minimum Gasteiger partial charge on any atom is -0.360 e. The van der Waals surface area contributed by atoms with E-state index < -0.39 is 0 Å². The molecule has 2 aromatic carbocycles. The first-order valence-electron chi connectivity index (χ1n) is 7.00. The van der Waals surface area contributed by atoms with Gasteiger partial charge in [0.2, 0.25) is 0 Å². The standard InChI is InChI=1S/C18H11BrClN3S/c19-14-2-1-3-16(8-14)22-10-13(9-21)18-23-17(11-24-18)12-4-6-15(20)7-5-12/h1-8,10-11,22H/b13-10+. The number of allylic oxidation sites excluding steroid dienone is 1. The normalized spacial score (nSPS) is 11.1. The lowest BCUT2D eigenvalue weighted by molar-refractivity contribution is 1.36. The van der Waals surface area contributed by atoms with Gasteiger partial charge < -0.3 is 5.32 Å². The van der Waals surface area contributed by atoms with Crippen molar-refractivity contribution in [3.63, 3.8) is 0 Å². The lowest BCUT2D eigenvalue weighted by Crippen LogP contribution is -1.91. The molecule has 1 N–H and O–H groups in total. The first-order chi connectivity index (χ1) is 11.7. The number of hydrogen-bond donors (Lipinski definition) is 1. The highest BCUT2D eigenvalue weighted by molar-refractivity contribution is 9.10. The minimum atomic E-state index is 0.486. The van der Waals surface area contributed by atoms with Crippen LogP contribution < -0.4 is 5.32 Å². The van der Waals surface area contributed by atoms with E-state index in [1.54, 1.807) is 6.20 Å². The molecule has 0 aliphatic carbocycles. The second kappa shape index (κ2) is 7.63. The Labute approximate surface area is 157 Å². The lowest BCUT2D eigenvalue weighted by atomic mass is 10.2. The van der Waals surface area contributed by atoms with Crippen LogP contribution in [0.3, 0.4) is 0 Å². The largest absolute Gasteiger partial charge is 0.360 e. The molecule has 0 saturated heterocycles. The minimum absolute atomic E-state index is 0.486. The van der Waals surface area contributed by atoms with Gasteiger partial charge in [0, 0.05) is 32.3 Å². The van der Waals surface area contributed by atoms with Gasteiger partial charge in [-0.2, -0.15) is 5.26 Å².